The number of carbonyl (C=O) groups is 1. The largest absolute Gasteiger partial charge is 0.359 e. The highest BCUT2D eigenvalue weighted by Crippen LogP contribution is 2.16. The maximum absolute atomic E-state index is 11.6. The van der Waals surface area contributed by atoms with Crippen molar-refractivity contribution in [2.45, 2.75) is 40.2 Å². The van der Waals surface area contributed by atoms with Crippen molar-refractivity contribution in [3.05, 3.63) is 35.5 Å². The minimum atomic E-state index is 0.0530. The van der Waals surface area contributed by atoms with Crippen LogP contribution in [-0.2, 0) is 11.3 Å². The Morgan fingerprint density at radius 1 is 1.30 bits per heavy atom. The van der Waals surface area contributed by atoms with E-state index in [0.29, 0.717) is 18.9 Å². The molecule has 4 heteroatoms. The maximum Gasteiger partial charge on any atom is 0.234 e. The summed E-state index contributed by atoms with van der Waals surface area (Å²) in [4.78, 5) is 14.9. The van der Waals surface area contributed by atoms with E-state index in [1.807, 2.05) is 6.92 Å². The van der Waals surface area contributed by atoms with Gasteiger partial charge in [0.25, 0.3) is 0 Å². The smallest absolute Gasteiger partial charge is 0.234 e. The van der Waals surface area contributed by atoms with Crippen LogP contribution in [0.3, 0.4) is 0 Å². The van der Waals surface area contributed by atoms with Gasteiger partial charge in [0, 0.05) is 24.2 Å². The molecule has 2 aromatic rings. The summed E-state index contributed by atoms with van der Waals surface area (Å²) in [5, 5.41) is 1.20. The van der Waals surface area contributed by atoms with Gasteiger partial charge in [0.05, 0.1) is 0 Å². The molecule has 0 bridgehead atoms. The van der Waals surface area contributed by atoms with Crippen LogP contribution < -0.4 is 10.9 Å². The van der Waals surface area contributed by atoms with Gasteiger partial charge in [0.1, 0.15) is 0 Å². The van der Waals surface area contributed by atoms with Gasteiger partial charge < -0.3 is 4.98 Å². The highest BCUT2D eigenvalue weighted by atomic mass is 16.2. The summed E-state index contributed by atoms with van der Waals surface area (Å²) in [7, 11) is 0. The fourth-order valence-electron chi connectivity index (χ4n) is 2.16. The van der Waals surface area contributed by atoms with Gasteiger partial charge in [-0.15, -0.1) is 0 Å². The van der Waals surface area contributed by atoms with E-state index in [0.717, 1.165) is 23.2 Å². The number of fused-ring (bicyclic) bond motifs is 1. The Hall–Kier alpha value is -1.81. The van der Waals surface area contributed by atoms with E-state index < -0.39 is 0 Å². The number of carbonyl (C=O) groups excluding carboxylic acids is 1. The van der Waals surface area contributed by atoms with Gasteiger partial charge >= 0.3 is 0 Å². The molecule has 1 heterocycles. The summed E-state index contributed by atoms with van der Waals surface area (Å²) < 4.78 is 0. The molecule has 3 N–H and O–H groups in total. The zero-order chi connectivity index (χ0) is 14.5. The number of amides is 1. The number of H-pyrrole nitrogens is 1. The highest BCUT2D eigenvalue weighted by Gasteiger charge is 2.03. The molecule has 0 saturated carbocycles. The van der Waals surface area contributed by atoms with Gasteiger partial charge in [-0.05, 0) is 48.4 Å². The number of hydrazine groups is 1. The van der Waals surface area contributed by atoms with Gasteiger partial charge in [-0.3, -0.25) is 10.2 Å². The lowest BCUT2D eigenvalue weighted by molar-refractivity contribution is -0.122. The maximum atomic E-state index is 11.6. The fourth-order valence-corrected chi connectivity index (χ4v) is 2.16. The zero-order valence-electron chi connectivity index (χ0n) is 12.4. The predicted molar refractivity (Wildman–Crippen MR) is 82.1 cm³/mol. The lowest BCUT2D eigenvalue weighted by Gasteiger charge is -2.08. The molecule has 0 saturated heterocycles. The minimum absolute atomic E-state index is 0.0530. The molecule has 4 nitrogen and oxygen atoms in total. The van der Waals surface area contributed by atoms with Crippen LogP contribution in [0.25, 0.3) is 10.9 Å². The van der Waals surface area contributed by atoms with E-state index in [1.165, 1.54) is 5.39 Å². The second-order valence-corrected chi connectivity index (χ2v) is 5.71. The van der Waals surface area contributed by atoms with Crippen LogP contribution in [-0.4, -0.2) is 10.9 Å². The van der Waals surface area contributed by atoms with E-state index in [9.17, 15) is 4.79 Å². The lowest BCUT2D eigenvalue weighted by atomic mass is 10.1. The molecule has 1 aromatic heterocycles. The second-order valence-electron chi connectivity index (χ2n) is 5.71. The molecule has 0 aliphatic rings. The summed E-state index contributed by atoms with van der Waals surface area (Å²) in [6.07, 6.45) is 1.49. The molecule has 0 aliphatic heterocycles. The molecule has 20 heavy (non-hydrogen) atoms. The predicted octanol–water partition coefficient (Wildman–Crippen LogP) is 3.03. The Bertz CT molecular complexity index is 586. The molecule has 2 rings (SSSR count). The van der Waals surface area contributed by atoms with E-state index in [1.54, 1.807) is 0 Å². The van der Waals surface area contributed by atoms with Gasteiger partial charge in [-0.25, -0.2) is 5.43 Å². The van der Waals surface area contributed by atoms with Crippen molar-refractivity contribution in [1.29, 1.82) is 0 Å². The standard InChI is InChI=1S/C16H23N3O/c1-11(2)4-7-16(20)19-17-10-13-5-6-15-14(9-13)8-12(3)18-15/h5-6,8-9,11,17-18H,4,7,10H2,1-3H3,(H,19,20). The average molecular weight is 273 g/mol. The molecule has 1 aromatic carbocycles. The third-order valence-corrected chi connectivity index (χ3v) is 3.29. The second kappa shape index (κ2) is 6.57. The number of aromatic nitrogens is 1. The summed E-state index contributed by atoms with van der Waals surface area (Å²) in [6, 6.07) is 8.39. The number of aryl methyl sites for hydroxylation is 1. The molecule has 0 atom stereocenters. The summed E-state index contributed by atoms with van der Waals surface area (Å²) >= 11 is 0. The van der Waals surface area contributed by atoms with E-state index in [4.69, 9.17) is 0 Å². The summed E-state index contributed by atoms with van der Waals surface area (Å²) in [5.74, 6) is 0.609. The minimum Gasteiger partial charge on any atom is -0.359 e. The third-order valence-electron chi connectivity index (χ3n) is 3.29. The summed E-state index contributed by atoms with van der Waals surface area (Å²) in [5.41, 5.74) is 9.19. The van der Waals surface area contributed by atoms with Crippen LogP contribution in [0.4, 0.5) is 0 Å². The molecule has 108 valence electrons. The van der Waals surface area contributed by atoms with Crippen LogP contribution in [0, 0.1) is 12.8 Å². The highest BCUT2D eigenvalue weighted by molar-refractivity contribution is 5.81. The first kappa shape index (κ1) is 14.6. The van der Waals surface area contributed by atoms with Crippen molar-refractivity contribution in [1.82, 2.24) is 15.8 Å². The Labute approximate surface area is 119 Å². The normalized spacial score (nSPS) is 11.2. The Balaban J connectivity index is 1.82. The topological polar surface area (TPSA) is 56.9 Å². The summed E-state index contributed by atoms with van der Waals surface area (Å²) in [6.45, 7) is 6.92. The molecule has 0 aliphatic carbocycles. The number of hydrogen-bond acceptors (Lipinski definition) is 2. The first-order valence-corrected chi connectivity index (χ1v) is 7.14. The Morgan fingerprint density at radius 3 is 2.85 bits per heavy atom. The van der Waals surface area contributed by atoms with Gasteiger partial charge in [-0.1, -0.05) is 19.9 Å². The number of rotatable bonds is 6. The van der Waals surface area contributed by atoms with Crippen LogP contribution in [0.1, 0.15) is 37.9 Å². The SMILES string of the molecule is Cc1cc2cc(CNNC(=O)CCC(C)C)ccc2[nH]1. The van der Waals surface area contributed by atoms with Gasteiger partial charge in [-0.2, -0.15) is 0 Å². The van der Waals surface area contributed by atoms with Crippen molar-refractivity contribution in [3.63, 3.8) is 0 Å². The van der Waals surface area contributed by atoms with E-state index in [-0.39, 0.29) is 5.91 Å². The van der Waals surface area contributed by atoms with E-state index >= 15 is 0 Å². The number of hydrogen-bond donors (Lipinski definition) is 3. The van der Waals surface area contributed by atoms with E-state index in [2.05, 4.69) is 53.9 Å². The quantitative estimate of drug-likeness (QED) is 0.709. The first-order chi connectivity index (χ1) is 9.54. The Kier molecular flexibility index (Phi) is 4.79. The molecular weight excluding hydrogens is 250 g/mol. The number of benzene rings is 1. The average Bonchev–Trinajstić information content (AvgIpc) is 2.75. The molecular formula is C16H23N3O. The Morgan fingerprint density at radius 2 is 2.10 bits per heavy atom. The zero-order valence-corrected chi connectivity index (χ0v) is 12.4. The molecule has 0 radical (unpaired) electrons. The number of aromatic amines is 1. The molecule has 1 amide bonds. The van der Waals surface area contributed by atoms with Crippen molar-refractivity contribution >= 4 is 16.8 Å². The third kappa shape index (κ3) is 4.10. The molecule has 0 fully saturated rings. The molecule has 0 unspecified atom stereocenters. The fraction of sp³-hybridized carbons (Fsp3) is 0.438. The van der Waals surface area contributed by atoms with Crippen LogP contribution in [0.15, 0.2) is 24.3 Å². The monoisotopic (exact) mass is 273 g/mol. The van der Waals surface area contributed by atoms with Gasteiger partial charge in [0.15, 0.2) is 0 Å². The number of nitrogens with one attached hydrogen (secondary N) is 3. The lowest BCUT2D eigenvalue weighted by Crippen LogP contribution is -2.36. The van der Waals surface area contributed by atoms with Crippen LogP contribution in [0.5, 0.6) is 0 Å². The van der Waals surface area contributed by atoms with Gasteiger partial charge in [0.2, 0.25) is 5.91 Å². The van der Waals surface area contributed by atoms with Crippen LogP contribution >= 0.6 is 0 Å². The van der Waals surface area contributed by atoms with Crippen molar-refractivity contribution in [2.75, 3.05) is 0 Å². The van der Waals surface area contributed by atoms with Crippen molar-refractivity contribution < 1.29 is 4.79 Å². The first-order valence-electron chi connectivity index (χ1n) is 7.14. The molecule has 0 spiro atoms. The van der Waals surface area contributed by atoms with Crippen molar-refractivity contribution in [3.8, 4) is 0 Å². The van der Waals surface area contributed by atoms with Crippen molar-refractivity contribution in [2.24, 2.45) is 5.92 Å². The van der Waals surface area contributed by atoms with Crippen LogP contribution in [0.2, 0.25) is 0 Å².